The van der Waals surface area contributed by atoms with Crippen molar-refractivity contribution in [2.45, 2.75) is 63.7 Å². The van der Waals surface area contributed by atoms with Crippen molar-refractivity contribution in [1.29, 1.82) is 0 Å². The normalized spacial score (nSPS) is 28.2. The third kappa shape index (κ3) is 4.30. The maximum absolute atomic E-state index is 12.6. The molecule has 1 aliphatic carbocycles. The minimum Gasteiger partial charge on any atom is -0.316 e. The molecule has 4 rings (SSSR count). The van der Waals surface area contributed by atoms with Crippen LogP contribution in [0.15, 0.2) is 23.2 Å². The molecule has 0 bridgehead atoms. The van der Waals surface area contributed by atoms with Crippen molar-refractivity contribution in [1.82, 2.24) is 0 Å². The highest BCUT2D eigenvalue weighted by molar-refractivity contribution is 8.16. The molecule has 0 radical (unpaired) electrons. The SMILES string of the molecule is Cc1cc(C)cc(N2C(=NC(=O)CCC3CCCC3)S[C@@H]3CS(=O)(=O)C[C@@H]32)c1. The molecule has 5 nitrogen and oxygen atoms in total. The molecule has 28 heavy (non-hydrogen) atoms. The van der Waals surface area contributed by atoms with Gasteiger partial charge in [0.05, 0.1) is 17.5 Å². The number of fused-ring (bicyclic) bond motifs is 1. The van der Waals surface area contributed by atoms with Crippen LogP contribution in [0.25, 0.3) is 0 Å². The number of hydrogen-bond donors (Lipinski definition) is 0. The first-order valence-corrected chi connectivity index (χ1v) is 12.9. The molecule has 1 amide bonds. The zero-order valence-electron chi connectivity index (χ0n) is 16.6. The van der Waals surface area contributed by atoms with E-state index in [0.29, 0.717) is 17.5 Å². The topological polar surface area (TPSA) is 66.8 Å². The number of sulfone groups is 1. The van der Waals surface area contributed by atoms with E-state index < -0.39 is 9.84 Å². The molecule has 0 unspecified atom stereocenters. The van der Waals surface area contributed by atoms with E-state index in [0.717, 1.165) is 23.2 Å². The third-order valence-electron chi connectivity index (χ3n) is 6.01. The Morgan fingerprint density at radius 2 is 1.82 bits per heavy atom. The Morgan fingerprint density at radius 3 is 2.50 bits per heavy atom. The summed E-state index contributed by atoms with van der Waals surface area (Å²) in [6, 6.07) is 6.07. The van der Waals surface area contributed by atoms with Gasteiger partial charge in [0.15, 0.2) is 15.0 Å². The lowest BCUT2D eigenvalue weighted by molar-refractivity contribution is -0.118. The van der Waals surface area contributed by atoms with Crippen LogP contribution >= 0.6 is 11.8 Å². The molecular formula is C21H28N2O3S2. The maximum atomic E-state index is 12.6. The van der Waals surface area contributed by atoms with Gasteiger partial charge in [-0.1, -0.05) is 43.5 Å². The first-order chi connectivity index (χ1) is 13.3. The number of amides is 1. The van der Waals surface area contributed by atoms with Crippen molar-refractivity contribution < 1.29 is 13.2 Å². The van der Waals surface area contributed by atoms with Gasteiger partial charge in [-0.15, -0.1) is 0 Å². The summed E-state index contributed by atoms with van der Waals surface area (Å²) in [5.74, 6) is 0.887. The molecule has 7 heteroatoms. The van der Waals surface area contributed by atoms with E-state index in [1.807, 2.05) is 18.7 Å². The molecule has 2 atom stereocenters. The molecule has 3 fully saturated rings. The van der Waals surface area contributed by atoms with Gasteiger partial charge in [-0.05, 0) is 49.4 Å². The van der Waals surface area contributed by atoms with Crippen molar-refractivity contribution in [3.8, 4) is 0 Å². The number of anilines is 1. The Labute approximate surface area is 171 Å². The molecule has 2 aliphatic heterocycles. The molecule has 3 aliphatic rings. The van der Waals surface area contributed by atoms with Gasteiger partial charge < -0.3 is 4.90 Å². The Kier molecular flexibility index (Phi) is 5.58. The molecular weight excluding hydrogens is 392 g/mol. The summed E-state index contributed by atoms with van der Waals surface area (Å²) in [7, 11) is -3.04. The summed E-state index contributed by atoms with van der Waals surface area (Å²) < 4.78 is 24.4. The van der Waals surface area contributed by atoms with Crippen LogP contribution in [-0.4, -0.2) is 42.3 Å². The minimum absolute atomic E-state index is 0.0489. The lowest BCUT2D eigenvalue weighted by atomic mass is 10.0. The Morgan fingerprint density at radius 1 is 1.14 bits per heavy atom. The summed E-state index contributed by atoms with van der Waals surface area (Å²) in [6.07, 6.45) is 6.43. The Bertz CT molecular complexity index is 884. The van der Waals surface area contributed by atoms with Crippen molar-refractivity contribution in [3.63, 3.8) is 0 Å². The Hall–Kier alpha value is -1.34. The number of carbonyl (C=O) groups excluding carboxylic acids is 1. The van der Waals surface area contributed by atoms with Gasteiger partial charge in [-0.3, -0.25) is 4.79 Å². The minimum atomic E-state index is -3.04. The summed E-state index contributed by atoms with van der Waals surface area (Å²) in [5, 5.41) is 0.624. The summed E-state index contributed by atoms with van der Waals surface area (Å²) in [4.78, 5) is 19.0. The second-order valence-electron chi connectivity index (χ2n) is 8.49. The number of benzene rings is 1. The molecule has 1 aromatic rings. The Balaban J connectivity index is 1.58. The van der Waals surface area contributed by atoms with Crippen molar-refractivity contribution in [3.05, 3.63) is 29.3 Å². The van der Waals surface area contributed by atoms with Crippen LogP contribution in [0.1, 0.15) is 49.7 Å². The van der Waals surface area contributed by atoms with Crippen LogP contribution in [-0.2, 0) is 14.6 Å². The number of hydrogen-bond acceptors (Lipinski definition) is 4. The van der Waals surface area contributed by atoms with Gasteiger partial charge in [0.25, 0.3) is 0 Å². The zero-order chi connectivity index (χ0) is 19.9. The van der Waals surface area contributed by atoms with Gasteiger partial charge in [0.2, 0.25) is 5.91 Å². The molecule has 2 saturated heterocycles. The molecule has 2 heterocycles. The highest BCUT2D eigenvalue weighted by Gasteiger charge is 2.49. The summed E-state index contributed by atoms with van der Waals surface area (Å²) >= 11 is 1.46. The lowest BCUT2D eigenvalue weighted by Gasteiger charge is -2.25. The number of thioether (sulfide) groups is 1. The fourth-order valence-electron chi connectivity index (χ4n) is 4.75. The van der Waals surface area contributed by atoms with Crippen molar-refractivity contribution >= 4 is 38.4 Å². The lowest BCUT2D eigenvalue weighted by Crippen LogP contribution is -2.37. The van der Waals surface area contributed by atoms with Gasteiger partial charge >= 0.3 is 0 Å². The van der Waals surface area contributed by atoms with Gasteiger partial charge in [-0.2, -0.15) is 4.99 Å². The smallest absolute Gasteiger partial charge is 0.248 e. The first kappa shape index (κ1) is 20.0. The van der Waals surface area contributed by atoms with E-state index in [2.05, 4.69) is 23.2 Å². The highest BCUT2D eigenvalue weighted by Crippen LogP contribution is 2.41. The monoisotopic (exact) mass is 420 g/mol. The van der Waals surface area contributed by atoms with E-state index in [1.165, 1.54) is 37.4 Å². The first-order valence-electron chi connectivity index (χ1n) is 10.2. The average Bonchev–Trinajstić information content (AvgIpc) is 3.26. The number of nitrogens with zero attached hydrogens (tertiary/aromatic N) is 2. The average molecular weight is 421 g/mol. The number of aliphatic imine (C=N–C) groups is 1. The number of rotatable bonds is 4. The fourth-order valence-corrected chi connectivity index (χ4v) is 8.68. The van der Waals surface area contributed by atoms with Gasteiger partial charge in [-0.25, -0.2) is 8.42 Å². The van der Waals surface area contributed by atoms with Crippen LogP contribution in [0.2, 0.25) is 0 Å². The number of amidine groups is 1. The van der Waals surface area contributed by atoms with Gasteiger partial charge in [0.1, 0.15) is 0 Å². The van der Waals surface area contributed by atoms with E-state index in [4.69, 9.17) is 0 Å². The van der Waals surface area contributed by atoms with E-state index in [-0.39, 0.29) is 28.7 Å². The quantitative estimate of drug-likeness (QED) is 0.740. The van der Waals surface area contributed by atoms with Crippen LogP contribution < -0.4 is 4.90 Å². The van der Waals surface area contributed by atoms with Gasteiger partial charge in [0, 0.05) is 17.4 Å². The van der Waals surface area contributed by atoms with E-state index in [1.54, 1.807) is 0 Å². The fraction of sp³-hybridized carbons (Fsp3) is 0.619. The third-order valence-corrected chi connectivity index (χ3v) is 9.22. The number of aryl methyl sites for hydroxylation is 2. The molecule has 1 saturated carbocycles. The maximum Gasteiger partial charge on any atom is 0.248 e. The van der Waals surface area contributed by atoms with E-state index in [9.17, 15) is 13.2 Å². The molecule has 0 spiro atoms. The predicted molar refractivity (Wildman–Crippen MR) is 116 cm³/mol. The van der Waals surface area contributed by atoms with Crippen molar-refractivity contribution in [2.24, 2.45) is 10.9 Å². The van der Waals surface area contributed by atoms with Crippen molar-refractivity contribution in [2.75, 3.05) is 16.4 Å². The number of carbonyl (C=O) groups is 1. The van der Waals surface area contributed by atoms with Crippen LogP contribution in [0.3, 0.4) is 0 Å². The molecule has 152 valence electrons. The second kappa shape index (κ2) is 7.82. The second-order valence-corrected chi connectivity index (χ2v) is 11.9. The largest absolute Gasteiger partial charge is 0.316 e. The predicted octanol–water partition coefficient (Wildman–Crippen LogP) is 3.88. The standard InChI is InChI=1S/C21H28N2O3S2/c1-14-9-15(2)11-17(10-14)23-18-12-28(25,26)13-19(18)27-21(23)22-20(24)8-7-16-5-3-4-6-16/h9-11,16,18-19H,3-8,12-13H2,1-2H3/t18-,19+/m0/s1. The molecule has 0 N–H and O–H groups in total. The van der Waals surface area contributed by atoms with Crippen LogP contribution in [0.4, 0.5) is 5.69 Å². The highest BCUT2D eigenvalue weighted by atomic mass is 32.2. The molecule has 1 aromatic carbocycles. The summed E-state index contributed by atoms with van der Waals surface area (Å²) in [6.45, 7) is 4.07. The van der Waals surface area contributed by atoms with E-state index >= 15 is 0 Å². The molecule has 0 aromatic heterocycles. The van der Waals surface area contributed by atoms with Crippen LogP contribution in [0, 0.1) is 19.8 Å². The van der Waals surface area contributed by atoms with Crippen LogP contribution in [0.5, 0.6) is 0 Å². The summed E-state index contributed by atoms with van der Waals surface area (Å²) in [5.41, 5.74) is 3.18. The zero-order valence-corrected chi connectivity index (χ0v) is 18.2.